The van der Waals surface area contributed by atoms with Crippen molar-refractivity contribution in [3.05, 3.63) is 71.9 Å². The van der Waals surface area contributed by atoms with Gasteiger partial charge < -0.3 is 20.1 Å². The van der Waals surface area contributed by atoms with Crippen LogP contribution in [0.5, 0.6) is 5.75 Å². The number of rotatable bonds is 8. The molecule has 0 aliphatic carbocycles. The molecule has 0 saturated carbocycles. The third-order valence-electron chi connectivity index (χ3n) is 8.03. The molecule has 8 nitrogen and oxygen atoms in total. The molecule has 1 amide bonds. The van der Waals surface area contributed by atoms with E-state index < -0.39 is 12.3 Å². The molecule has 1 atom stereocenters. The second-order valence-corrected chi connectivity index (χ2v) is 10.9. The maximum Gasteiger partial charge on any atom is 0.573 e. The SMILES string of the molecule is CC1CCCN1Cc1cc(NC(=O)c2ccc(N3CCC(C(=O)O)CC3)cc2)ncc1-c1ccc(OC(F)(F)F)cc1. The normalized spacial score (nSPS) is 18.2. The van der Waals surface area contributed by atoms with Gasteiger partial charge in [-0.1, -0.05) is 12.1 Å². The topological polar surface area (TPSA) is 95.0 Å². The van der Waals surface area contributed by atoms with E-state index in [1.807, 2.05) is 18.2 Å². The molecule has 3 heterocycles. The summed E-state index contributed by atoms with van der Waals surface area (Å²) in [6.45, 7) is 5.00. The Bertz CT molecular complexity index is 1410. The lowest BCUT2D eigenvalue weighted by molar-refractivity contribution is -0.274. The predicted molar refractivity (Wildman–Crippen MR) is 152 cm³/mol. The Morgan fingerprint density at radius 2 is 1.71 bits per heavy atom. The van der Waals surface area contributed by atoms with Crippen molar-refractivity contribution in [1.82, 2.24) is 9.88 Å². The predicted octanol–water partition coefficient (Wildman–Crippen LogP) is 6.18. The van der Waals surface area contributed by atoms with E-state index in [-0.39, 0.29) is 17.6 Å². The Morgan fingerprint density at radius 3 is 2.31 bits per heavy atom. The molecule has 2 saturated heterocycles. The average molecular weight is 583 g/mol. The molecular weight excluding hydrogens is 549 g/mol. The number of carbonyl (C=O) groups excluding carboxylic acids is 1. The molecule has 0 spiro atoms. The quantitative estimate of drug-likeness (QED) is 0.327. The standard InChI is InChI=1S/C31H33F3N4O4/c1-20-3-2-14-38(20)19-24-17-28(35-18-27(24)21-6-10-26(11-7-21)42-31(32,33)34)36-29(39)22-4-8-25(9-5-22)37-15-12-23(13-16-37)30(40)41/h4-11,17-18,20,23H,2-3,12-16,19H2,1H3,(H,40,41)(H,35,36,39). The van der Waals surface area contributed by atoms with Crippen LogP contribution in [0.1, 0.15) is 48.5 Å². The number of ether oxygens (including phenoxy) is 1. The fraction of sp³-hybridized carbons (Fsp3) is 0.387. The minimum absolute atomic E-state index is 0.298. The number of halogens is 3. The molecule has 3 aromatic rings. The zero-order valence-electron chi connectivity index (χ0n) is 23.2. The highest BCUT2D eigenvalue weighted by Gasteiger charge is 2.31. The second kappa shape index (κ2) is 12.4. The van der Waals surface area contributed by atoms with Crippen LogP contribution in [0, 0.1) is 5.92 Å². The van der Waals surface area contributed by atoms with Gasteiger partial charge in [0.25, 0.3) is 5.91 Å². The zero-order chi connectivity index (χ0) is 29.9. The largest absolute Gasteiger partial charge is 0.573 e. The summed E-state index contributed by atoms with van der Waals surface area (Å²) in [5, 5.41) is 12.1. The summed E-state index contributed by atoms with van der Waals surface area (Å²) in [5.41, 5.74) is 3.76. The summed E-state index contributed by atoms with van der Waals surface area (Å²) >= 11 is 0. The van der Waals surface area contributed by atoms with Gasteiger partial charge >= 0.3 is 12.3 Å². The van der Waals surface area contributed by atoms with Crippen LogP contribution in [0.2, 0.25) is 0 Å². The molecule has 2 aromatic carbocycles. The molecule has 2 aliphatic heterocycles. The number of hydrogen-bond donors (Lipinski definition) is 2. The van der Waals surface area contributed by atoms with Crippen molar-refractivity contribution < 1.29 is 32.6 Å². The van der Waals surface area contributed by atoms with E-state index in [1.54, 1.807) is 30.5 Å². The molecule has 11 heteroatoms. The molecule has 2 aliphatic rings. The number of amides is 1. The van der Waals surface area contributed by atoms with Crippen molar-refractivity contribution in [2.45, 2.75) is 51.6 Å². The maximum absolute atomic E-state index is 13.1. The zero-order valence-corrected chi connectivity index (χ0v) is 23.2. The van der Waals surface area contributed by atoms with Crippen LogP contribution in [-0.2, 0) is 11.3 Å². The van der Waals surface area contributed by atoms with Gasteiger partial charge in [-0.3, -0.25) is 14.5 Å². The number of pyridine rings is 1. The highest BCUT2D eigenvalue weighted by atomic mass is 19.4. The van der Waals surface area contributed by atoms with Gasteiger partial charge in [0.2, 0.25) is 0 Å². The van der Waals surface area contributed by atoms with E-state index in [2.05, 4.69) is 31.8 Å². The smallest absolute Gasteiger partial charge is 0.481 e. The van der Waals surface area contributed by atoms with Crippen molar-refractivity contribution in [2.24, 2.45) is 5.92 Å². The van der Waals surface area contributed by atoms with Gasteiger partial charge in [0.05, 0.1) is 5.92 Å². The lowest BCUT2D eigenvalue weighted by Gasteiger charge is -2.32. The van der Waals surface area contributed by atoms with Crippen LogP contribution in [-0.4, -0.2) is 58.9 Å². The van der Waals surface area contributed by atoms with E-state index in [4.69, 9.17) is 0 Å². The number of carboxylic acids is 1. The first kappa shape index (κ1) is 29.4. The van der Waals surface area contributed by atoms with Crippen molar-refractivity contribution in [3.8, 4) is 16.9 Å². The van der Waals surface area contributed by atoms with Gasteiger partial charge in [0, 0.05) is 48.7 Å². The minimum Gasteiger partial charge on any atom is -0.481 e. The van der Waals surface area contributed by atoms with Gasteiger partial charge in [0.15, 0.2) is 0 Å². The number of likely N-dealkylation sites (tertiary alicyclic amines) is 1. The van der Waals surface area contributed by atoms with Gasteiger partial charge in [-0.15, -0.1) is 13.2 Å². The monoisotopic (exact) mass is 582 g/mol. The molecule has 222 valence electrons. The number of anilines is 2. The summed E-state index contributed by atoms with van der Waals surface area (Å²) in [7, 11) is 0. The number of hydrogen-bond acceptors (Lipinski definition) is 6. The molecule has 2 fully saturated rings. The summed E-state index contributed by atoms with van der Waals surface area (Å²) in [5.74, 6) is -1.31. The van der Waals surface area contributed by atoms with E-state index in [0.29, 0.717) is 55.5 Å². The Labute approximate surface area is 242 Å². The van der Waals surface area contributed by atoms with Crippen LogP contribution in [0.3, 0.4) is 0 Å². The van der Waals surface area contributed by atoms with Crippen LogP contribution >= 0.6 is 0 Å². The third-order valence-corrected chi connectivity index (χ3v) is 8.03. The minimum atomic E-state index is -4.76. The Balaban J connectivity index is 1.31. The van der Waals surface area contributed by atoms with E-state index >= 15 is 0 Å². The number of carboxylic acid groups (broad SMARTS) is 1. The number of alkyl halides is 3. The molecule has 1 unspecified atom stereocenters. The first-order valence-corrected chi connectivity index (χ1v) is 14.0. The fourth-order valence-corrected chi connectivity index (χ4v) is 5.64. The number of carbonyl (C=O) groups is 2. The summed E-state index contributed by atoms with van der Waals surface area (Å²) < 4.78 is 41.9. The Kier molecular flexibility index (Phi) is 8.67. The van der Waals surface area contributed by atoms with E-state index in [9.17, 15) is 27.9 Å². The number of nitrogens with zero attached hydrogens (tertiary/aromatic N) is 3. The molecule has 5 rings (SSSR count). The van der Waals surface area contributed by atoms with Gasteiger partial charge in [-0.2, -0.15) is 0 Å². The average Bonchev–Trinajstić information content (AvgIpc) is 3.37. The van der Waals surface area contributed by atoms with Gasteiger partial charge in [0.1, 0.15) is 11.6 Å². The van der Waals surface area contributed by atoms with Gasteiger partial charge in [-0.05, 0) is 92.7 Å². The first-order valence-electron chi connectivity index (χ1n) is 14.0. The molecule has 1 aromatic heterocycles. The van der Waals surface area contributed by atoms with Crippen molar-refractivity contribution in [1.29, 1.82) is 0 Å². The van der Waals surface area contributed by atoms with Crippen molar-refractivity contribution in [3.63, 3.8) is 0 Å². The molecule has 2 N–H and O–H groups in total. The Morgan fingerprint density at radius 1 is 1.02 bits per heavy atom. The highest BCUT2D eigenvalue weighted by Crippen LogP contribution is 2.31. The van der Waals surface area contributed by atoms with Crippen LogP contribution in [0.25, 0.3) is 11.1 Å². The van der Waals surface area contributed by atoms with Crippen molar-refractivity contribution in [2.75, 3.05) is 29.9 Å². The Hall–Kier alpha value is -4.12. The summed E-state index contributed by atoms with van der Waals surface area (Å²) in [6.07, 6.45) is 0.213. The third kappa shape index (κ3) is 7.20. The number of nitrogens with one attached hydrogen (secondary N) is 1. The number of aliphatic carboxylic acids is 1. The van der Waals surface area contributed by atoms with Crippen LogP contribution in [0.15, 0.2) is 60.8 Å². The lowest BCUT2D eigenvalue weighted by atomic mass is 9.96. The number of benzene rings is 2. The van der Waals surface area contributed by atoms with E-state index in [1.165, 1.54) is 12.1 Å². The second-order valence-electron chi connectivity index (χ2n) is 10.9. The first-order chi connectivity index (χ1) is 20.1. The number of aromatic nitrogens is 1. The van der Waals surface area contributed by atoms with Crippen molar-refractivity contribution >= 4 is 23.4 Å². The molecule has 0 bridgehead atoms. The highest BCUT2D eigenvalue weighted by molar-refractivity contribution is 6.04. The molecular formula is C31H33F3N4O4. The van der Waals surface area contributed by atoms with Crippen LogP contribution in [0.4, 0.5) is 24.7 Å². The number of piperidine rings is 1. The molecule has 42 heavy (non-hydrogen) atoms. The van der Waals surface area contributed by atoms with Crippen LogP contribution < -0.4 is 15.0 Å². The maximum atomic E-state index is 13.1. The molecule has 0 radical (unpaired) electrons. The van der Waals surface area contributed by atoms with Gasteiger partial charge in [-0.25, -0.2) is 4.98 Å². The summed E-state index contributed by atoms with van der Waals surface area (Å²) in [4.78, 5) is 33.2. The van der Waals surface area contributed by atoms with E-state index in [0.717, 1.165) is 36.2 Å². The summed E-state index contributed by atoms with van der Waals surface area (Å²) in [6, 6.07) is 15.1. The lowest BCUT2D eigenvalue weighted by Crippen LogP contribution is -2.36. The fourth-order valence-electron chi connectivity index (χ4n) is 5.64.